The monoisotopic (exact) mass is 244 g/mol. The first-order valence-corrected chi connectivity index (χ1v) is 5.64. The number of para-hydroxylation sites is 1. The molecule has 0 amide bonds. The Morgan fingerprint density at radius 1 is 1.17 bits per heavy atom. The molecule has 0 spiro atoms. The van der Waals surface area contributed by atoms with Gasteiger partial charge in [0.15, 0.2) is 5.78 Å². The van der Waals surface area contributed by atoms with Crippen molar-refractivity contribution >= 4 is 5.78 Å². The quantitative estimate of drug-likeness (QED) is 0.768. The molecule has 0 aliphatic carbocycles. The molecule has 92 valence electrons. The zero-order chi connectivity index (χ0) is 13.0. The van der Waals surface area contributed by atoms with Gasteiger partial charge in [0.25, 0.3) is 0 Å². The Bertz CT molecular complexity index is 550. The number of carbonyl (C=O) groups excluding carboxylic acids is 1. The molecular formula is C15H13FO2. The lowest BCUT2D eigenvalue weighted by atomic mass is 10.1. The third-order valence-corrected chi connectivity index (χ3v) is 2.56. The molecule has 2 aromatic carbocycles. The fourth-order valence-electron chi connectivity index (χ4n) is 1.62. The molecule has 0 saturated heterocycles. The molecule has 0 atom stereocenters. The summed E-state index contributed by atoms with van der Waals surface area (Å²) in [4.78, 5) is 11.2. The number of carbonyl (C=O) groups is 1. The fourth-order valence-corrected chi connectivity index (χ4v) is 1.62. The van der Waals surface area contributed by atoms with E-state index in [0.717, 1.165) is 11.3 Å². The molecular weight excluding hydrogens is 231 g/mol. The summed E-state index contributed by atoms with van der Waals surface area (Å²) in [5.41, 5.74) is 0.870. The number of hydrogen-bond acceptors (Lipinski definition) is 2. The van der Waals surface area contributed by atoms with Crippen LogP contribution >= 0.6 is 0 Å². The second kappa shape index (κ2) is 5.45. The Hall–Kier alpha value is -2.16. The van der Waals surface area contributed by atoms with Gasteiger partial charge >= 0.3 is 0 Å². The Balaban J connectivity index is 2.11. The smallest absolute Gasteiger partial charge is 0.162 e. The summed E-state index contributed by atoms with van der Waals surface area (Å²) >= 11 is 0. The van der Waals surface area contributed by atoms with E-state index < -0.39 is 5.82 Å². The lowest BCUT2D eigenvalue weighted by Gasteiger charge is -2.07. The largest absolute Gasteiger partial charge is 0.489 e. The highest BCUT2D eigenvalue weighted by atomic mass is 19.1. The van der Waals surface area contributed by atoms with Gasteiger partial charge in [-0.05, 0) is 36.8 Å². The number of ether oxygens (including phenoxy) is 1. The number of halogens is 1. The zero-order valence-corrected chi connectivity index (χ0v) is 10.0. The summed E-state index contributed by atoms with van der Waals surface area (Å²) < 4.78 is 18.9. The van der Waals surface area contributed by atoms with Crippen LogP contribution in [0.5, 0.6) is 5.75 Å². The van der Waals surface area contributed by atoms with Gasteiger partial charge in [-0.2, -0.15) is 0 Å². The van der Waals surface area contributed by atoms with Crippen molar-refractivity contribution in [2.75, 3.05) is 0 Å². The van der Waals surface area contributed by atoms with Crippen LogP contribution in [0.4, 0.5) is 4.39 Å². The Morgan fingerprint density at radius 2 is 1.89 bits per heavy atom. The normalized spacial score (nSPS) is 10.1. The molecule has 2 aromatic rings. The summed E-state index contributed by atoms with van der Waals surface area (Å²) in [6, 6.07) is 13.8. The van der Waals surface area contributed by atoms with Gasteiger partial charge in [-0.3, -0.25) is 4.79 Å². The number of Topliss-reactive ketones (excluding diaryl/α,β-unsaturated/α-hetero) is 1. The van der Waals surface area contributed by atoms with Gasteiger partial charge in [0.05, 0.1) is 5.56 Å². The van der Waals surface area contributed by atoms with Crippen LogP contribution in [0, 0.1) is 5.82 Å². The summed E-state index contributed by atoms with van der Waals surface area (Å²) in [5, 5.41) is 0. The first-order valence-electron chi connectivity index (χ1n) is 5.64. The molecule has 0 unspecified atom stereocenters. The van der Waals surface area contributed by atoms with Crippen molar-refractivity contribution in [1.82, 2.24) is 0 Å². The standard InChI is InChI=1S/C15H13FO2/c1-11(17)14-9-12(7-8-15(14)16)10-18-13-5-3-2-4-6-13/h2-9H,10H2,1H3. The third kappa shape index (κ3) is 2.94. The van der Waals surface area contributed by atoms with E-state index in [0.29, 0.717) is 6.61 Å². The van der Waals surface area contributed by atoms with Crippen molar-refractivity contribution in [3.05, 3.63) is 65.5 Å². The molecule has 3 heteroatoms. The molecule has 0 aliphatic rings. The Labute approximate surface area is 105 Å². The van der Waals surface area contributed by atoms with Crippen molar-refractivity contribution in [3.8, 4) is 5.75 Å². The molecule has 0 N–H and O–H groups in total. The minimum atomic E-state index is -0.494. The number of ketones is 1. The van der Waals surface area contributed by atoms with E-state index in [1.807, 2.05) is 30.3 Å². The van der Waals surface area contributed by atoms with Crippen LogP contribution in [-0.4, -0.2) is 5.78 Å². The first-order chi connectivity index (χ1) is 8.66. The lowest BCUT2D eigenvalue weighted by molar-refractivity contribution is 0.101. The highest BCUT2D eigenvalue weighted by molar-refractivity contribution is 5.94. The van der Waals surface area contributed by atoms with Crippen molar-refractivity contribution < 1.29 is 13.9 Å². The molecule has 0 aromatic heterocycles. The maximum absolute atomic E-state index is 13.3. The van der Waals surface area contributed by atoms with E-state index in [1.165, 1.54) is 19.1 Å². The van der Waals surface area contributed by atoms with Gasteiger partial charge in [0.1, 0.15) is 18.2 Å². The lowest BCUT2D eigenvalue weighted by Crippen LogP contribution is -2.01. The molecule has 2 nitrogen and oxygen atoms in total. The van der Waals surface area contributed by atoms with Gasteiger partial charge in [0, 0.05) is 0 Å². The van der Waals surface area contributed by atoms with Crippen LogP contribution in [0.2, 0.25) is 0 Å². The third-order valence-electron chi connectivity index (χ3n) is 2.56. The van der Waals surface area contributed by atoms with Crippen molar-refractivity contribution in [3.63, 3.8) is 0 Å². The number of rotatable bonds is 4. The summed E-state index contributed by atoms with van der Waals surface area (Å²) in [6.45, 7) is 1.66. The van der Waals surface area contributed by atoms with E-state index in [-0.39, 0.29) is 11.3 Å². The molecule has 0 bridgehead atoms. The molecule has 2 rings (SSSR count). The zero-order valence-electron chi connectivity index (χ0n) is 10.0. The molecule has 0 fully saturated rings. The SMILES string of the molecule is CC(=O)c1cc(COc2ccccc2)ccc1F. The number of benzene rings is 2. The molecule has 0 aliphatic heterocycles. The Morgan fingerprint density at radius 3 is 2.56 bits per heavy atom. The summed E-state index contributed by atoms with van der Waals surface area (Å²) in [5.74, 6) is -0.0359. The highest BCUT2D eigenvalue weighted by Crippen LogP contribution is 2.15. The molecule has 0 radical (unpaired) electrons. The highest BCUT2D eigenvalue weighted by Gasteiger charge is 2.08. The second-order valence-corrected chi connectivity index (χ2v) is 3.97. The first kappa shape index (κ1) is 12.3. The van der Waals surface area contributed by atoms with Crippen LogP contribution in [0.15, 0.2) is 48.5 Å². The average Bonchev–Trinajstić information content (AvgIpc) is 2.38. The van der Waals surface area contributed by atoms with Crippen LogP contribution in [-0.2, 0) is 6.61 Å². The van der Waals surface area contributed by atoms with E-state index in [4.69, 9.17) is 4.74 Å². The van der Waals surface area contributed by atoms with E-state index in [9.17, 15) is 9.18 Å². The van der Waals surface area contributed by atoms with Gasteiger partial charge in [0.2, 0.25) is 0 Å². The van der Waals surface area contributed by atoms with E-state index in [2.05, 4.69) is 0 Å². The summed E-state index contributed by atoms with van der Waals surface area (Å²) in [7, 11) is 0. The van der Waals surface area contributed by atoms with Crippen LogP contribution in [0.25, 0.3) is 0 Å². The van der Waals surface area contributed by atoms with Gasteiger partial charge in [-0.1, -0.05) is 24.3 Å². The maximum Gasteiger partial charge on any atom is 0.162 e. The minimum Gasteiger partial charge on any atom is -0.489 e. The van der Waals surface area contributed by atoms with Gasteiger partial charge < -0.3 is 4.74 Å². The van der Waals surface area contributed by atoms with Crippen molar-refractivity contribution in [2.24, 2.45) is 0 Å². The van der Waals surface area contributed by atoms with Gasteiger partial charge in [-0.15, -0.1) is 0 Å². The topological polar surface area (TPSA) is 26.3 Å². The number of hydrogen-bond donors (Lipinski definition) is 0. The predicted molar refractivity (Wildman–Crippen MR) is 67.2 cm³/mol. The molecule has 0 heterocycles. The van der Waals surface area contributed by atoms with Crippen molar-refractivity contribution in [2.45, 2.75) is 13.5 Å². The molecule has 0 saturated carbocycles. The average molecular weight is 244 g/mol. The van der Waals surface area contributed by atoms with Crippen molar-refractivity contribution in [1.29, 1.82) is 0 Å². The minimum absolute atomic E-state index is 0.101. The van der Waals surface area contributed by atoms with Gasteiger partial charge in [-0.25, -0.2) is 4.39 Å². The summed E-state index contributed by atoms with van der Waals surface area (Å²) in [6.07, 6.45) is 0. The molecule has 18 heavy (non-hydrogen) atoms. The van der Waals surface area contributed by atoms with E-state index >= 15 is 0 Å². The second-order valence-electron chi connectivity index (χ2n) is 3.97. The fraction of sp³-hybridized carbons (Fsp3) is 0.133. The Kier molecular flexibility index (Phi) is 3.72. The maximum atomic E-state index is 13.3. The predicted octanol–water partition coefficient (Wildman–Crippen LogP) is 3.61. The van der Waals surface area contributed by atoms with E-state index in [1.54, 1.807) is 6.07 Å². The van der Waals surface area contributed by atoms with Crippen LogP contribution < -0.4 is 4.74 Å². The van der Waals surface area contributed by atoms with Crippen LogP contribution in [0.3, 0.4) is 0 Å². The van der Waals surface area contributed by atoms with Crippen LogP contribution in [0.1, 0.15) is 22.8 Å².